The first-order valence-electron chi connectivity index (χ1n) is 4.82. The zero-order valence-corrected chi connectivity index (χ0v) is 18.3. The van der Waals surface area contributed by atoms with Gasteiger partial charge in [0.2, 0.25) is 0 Å². The van der Waals surface area contributed by atoms with Crippen LogP contribution in [0.2, 0.25) is 0 Å². The van der Waals surface area contributed by atoms with Crippen molar-refractivity contribution in [2.75, 3.05) is 13.1 Å². The van der Waals surface area contributed by atoms with E-state index in [1.54, 1.807) is 22.6 Å². The molecule has 2 saturated heterocycles. The summed E-state index contributed by atoms with van der Waals surface area (Å²) in [6, 6.07) is 0. The third-order valence-electron chi connectivity index (χ3n) is 2.14. The van der Waals surface area contributed by atoms with E-state index in [4.69, 9.17) is 0 Å². The normalized spacial score (nSPS) is 16.7. The molecular formula is C10H14N2O2WY2-2. The molecule has 0 bridgehead atoms. The molecule has 0 unspecified atom stereocenters. The van der Waals surface area contributed by atoms with Crippen LogP contribution in [0.3, 0.4) is 0 Å². The van der Waals surface area contributed by atoms with Crippen LogP contribution in [0.15, 0.2) is 0 Å². The van der Waals surface area contributed by atoms with Crippen LogP contribution in [0.5, 0.6) is 0 Å². The van der Waals surface area contributed by atoms with Crippen LogP contribution < -0.4 is 0 Å². The van der Waals surface area contributed by atoms with Gasteiger partial charge in [-0.2, -0.15) is 25.7 Å². The third-order valence-corrected chi connectivity index (χ3v) is 2.14. The van der Waals surface area contributed by atoms with Crippen molar-refractivity contribution < 1.29 is 96.1 Å². The minimum atomic E-state index is 0. The summed E-state index contributed by atoms with van der Waals surface area (Å²) in [5.74, 6) is 0. The van der Waals surface area contributed by atoms with Gasteiger partial charge in [0.15, 0.2) is 0 Å². The Morgan fingerprint density at radius 1 is 0.824 bits per heavy atom. The predicted molar refractivity (Wildman–Crippen MR) is 51.9 cm³/mol. The van der Waals surface area contributed by atoms with Crippen LogP contribution in [0.25, 0.3) is 0 Å². The number of rotatable bonds is 2. The van der Waals surface area contributed by atoms with Crippen molar-refractivity contribution >= 4 is 12.8 Å². The smallest absolute Gasteiger partial charge is 0.666 e. The minimum Gasteiger partial charge on any atom is -0.666 e. The van der Waals surface area contributed by atoms with Crippen molar-refractivity contribution in [3.05, 3.63) is 13.1 Å². The molecule has 0 aromatic heterocycles. The Kier molecular flexibility index (Phi) is 22.3. The van der Waals surface area contributed by atoms with E-state index in [0.717, 1.165) is 38.8 Å². The van der Waals surface area contributed by atoms with E-state index >= 15 is 0 Å². The Balaban J connectivity index is -0.000000196. The first kappa shape index (κ1) is 23.9. The zero-order valence-electron chi connectivity index (χ0n) is 9.67. The molecule has 0 saturated carbocycles. The topological polar surface area (TPSA) is 40.6 Å². The number of likely N-dealkylation sites (tertiary alicyclic amines) is 2. The maximum absolute atomic E-state index is 9.78. The van der Waals surface area contributed by atoms with E-state index in [1.165, 1.54) is 0 Å². The van der Waals surface area contributed by atoms with Crippen LogP contribution in [-0.4, -0.2) is 35.7 Å². The molecule has 2 rings (SSSR count). The minimum absolute atomic E-state index is 0. The van der Waals surface area contributed by atoms with Gasteiger partial charge in [-0.15, -0.1) is 0 Å². The van der Waals surface area contributed by atoms with E-state index in [0.29, 0.717) is 0 Å². The third kappa shape index (κ3) is 11.4. The Labute approximate surface area is 168 Å². The predicted octanol–water partition coefficient (Wildman–Crippen LogP) is 0.615. The van der Waals surface area contributed by atoms with Crippen molar-refractivity contribution in [1.29, 1.82) is 0 Å². The molecule has 7 heteroatoms. The van der Waals surface area contributed by atoms with Gasteiger partial charge in [-0.3, -0.25) is 13.1 Å². The number of hydrogen-bond acceptors (Lipinski definition) is 2. The van der Waals surface area contributed by atoms with Gasteiger partial charge < -0.3 is 19.4 Å². The summed E-state index contributed by atoms with van der Waals surface area (Å²) in [4.78, 5) is 22.7. The molecule has 2 aliphatic rings. The van der Waals surface area contributed by atoms with Crippen LogP contribution in [0, 0.1) is 13.1 Å². The molecule has 17 heavy (non-hydrogen) atoms. The fourth-order valence-corrected chi connectivity index (χ4v) is 1.37. The quantitative estimate of drug-likeness (QED) is 0.469. The molecule has 2 fully saturated rings. The molecule has 2 radical (unpaired) electrons. The molecule has 2 aliphatic heterocycles. The second-order valence-corrected chi connectivity index (χ2v) is 3.22. The van der Waals surface area contributed by atoms with Gasteiger partial charge in [-0.05, 0) is 13.1 Å². The second-order valence-electron chi connectivity index (χ2n) is 3.22. The second kappa shape index (κ2) is 15.9. The van der Waals surface area contributed by atoms with Crippen molar-refractivity contribution in [3.63, 3.8) is 0 Å². The summed E-state index contributed by atoms with van der Waals surface area (Å²) in [7, 11) is 0. The molecule has 0 spiro atoms. The average Bonchev–Trinajstić information content (AvgIpc) is 2.92. The molecular weight excluding hydrogens is 542 g/mol. The van der Waals surface area contributed by atoms with Gasteiger partial charge in [0.05, 0.1) is 0 Å². The van der Waals surface area contributed by atoms with E-state index in [1.807, 2.05) is 13.1 Å². The summed E-state index contributed by atoms with van der Waals surface area (Å²) in [5, 5.41) is 0. The van der Waals surface area contributed by atoms with Crippen LogP contribution in [-0.2, 0) is 96.1 Å². The maximum Gasteiger partial charge on any atom is 2.00 e. The standard InChI is InChI=1S/2C5H7NO.W.2Y/c2*7-5-6-3-1-2-4-6;;;/h2*3H,1-2,4H2;;;/q2*-2;+2;;. The van der Waals surface area contributed by atoms with Crippen LogP contribution in [0.4, 0.5) is 0 Å². The monoisotopic (exact) mass is 556 g/mol. The largest absolute Gasteiger partial charge is 2.00 e. The number of amides is 2. The first-order chi connectivity index (χ1) is 6.86. The molecule has 4 nitrogen and oxygen atoms in total. The molecule has 2 heterocycles. The van der Waals surface area contributed by atoms with Crippen molar-refractivity contribution in [2.24, 2.45) is 0 Å². The zero-order chi connectivity index (χ0) is 10.2. The summed E-state index contributed by atoms with van der Waals surface area (Å²) in [5.41, 5.74) is 0. The van der Waals surface area contributed by atoms with Gasteiger partial charge >= 0.3 is 21.1 Å². The SMILES string of the molecule is O=[C-]N1[CH-]CCC1.O=[C-]N1[CH-]CCC1.[W+2].[Y].[Y]. The van der Waals surface area contributed by atoms with E-state index in [9.17, 15) is 9.59 Å². The fraction of sp³-hybridized carbons (Fsp3) is 0.600. The maximum atomic E-state index is 9.78. The van der Waals surface area contributed by atoms with Gasteiger partial charge in [0.1, 0.15) is 0 Å². The van der Waals surface area contributed by atoms with Crippen LogP contribution >= 0.6 is 0 Å². The molecule has 0 aromatic rings. The van der Waals surface area contributed by atoms with E-state index in [2.05, 4.69) is 0 Å². The number of nitrogens with zero attached hydrogens (tertiary/aromatic N) is 2. The summed E-state index contributed by atoms with van der Waals surface area (Å²) in [6.07, 6.45) is 7.87. The Morgan fingerprint density at radius 3 is 1.29 bits per heavy atom. The summed E-state index contributed by atoms with van der Waals surface area (Å²) in [6.45, 7) is 5.47. The van der Waals surface area contributed by atoms with Gasteiger partial charge in [-0.1, -0.05) is 12.8 Å². The molecule has 0 aliphatic carbocycles. The Morgan fingerprint density at radius 2 is 1.18 bits per heavy atom. The average molecular weight is 556 g/mol. The molecule has 90 valence electrons. The van der Waals surface area contributed by atoms with Gasteiger partial charge in [0, 0.05) is 65.4 Å². The van der Waals surface area contributed by atoms with E-state index in [-0.39, 0.29) is 86.5 Å². The van der Waals surface area contributed by atoms with Crippen molar-refractivity contribution in [2.45, 2.75) is 25.7 Å². The van der Waals surface area contributed by atoms with Gasteiger partial charge in [0.25, 0.3) is 0 Å². The van der Waals surface area contributed by atoms with E-state index < -0.39 is 0 Å². The molecule has 0 aromatic carbocycles. The number of carbonyl (C=O) groups excluding carboxylic acids is 2. The Bertz CT molecular complexity index is 167. The number of hydrogen-bond donors (Lipinski definition) is 0. The molecule has 0 N–H and O–H groups in total. The van der Waals surface area contributed by atoms with Crippen molar-refractivity contribution in [3.8, 4) is 0 Å². The van der Waals surface area contributed by atoms with Crippen LogP contribution in [0.1, 0.15) is 25.7 Å². The Hall–Kier alpha value is 1.84. The summed E-state index contributed by atoms with van der Waals surface area (Å²) < 4.78 is 0. The van der Waals surface area contributed by atoms with Gasteiger partial charge in [-0.25, -0.2) is 0 Å². The molecule has 2 amide bonds. The summed E-state index contributed by atoms with van der Waals surface area (Å²) >= 11 is 0. The van der Waals surface area contributed by atoms with Crippen molar-refractivity contribution in [1.82, 2.24) is 9.80 Å². The molecule has 0 atom stereocenters. The first-order valence-corrected chi connectivity index (χ1v) is 4.82. The fourth-order valence-electron chi connectivity index (χ4n) is 1.37.